The number of rotatable bonds is 3. The molecule has 2 rings (SSSR count). The summed E-state index contributed by atoms with van der Waals surface area (Å²) in [6, 6.07) is 15.1. The van der Waals surface area contributed by atoms with Crippen LogP contribution in [-0.4, -0.2) is 11.1 Å². The van der Waals surface area contributed by atoms with E-state index >= 15 is 0 Å². The second-order valence-electron chi connectivity index (χ2n) is 3.75. The van der Waals surface area contributed by atoms with E-state index in [1.165, 1.54) is 5.56 Å². The van der Waals surface area contributed by atoms with E-state index in [9.17, 15) is 4.79 Å². The summed E-state index contributed by atoms with van der Waals surface area (Å²) in [7, 11) is 0. The van der Waals surface area contributed by atoms with Crippen molar-refractivity contribution in [2.75, 3.05) is 0 Å². The quantitative estimate of drug-likeness (QED) is 0.891. The summed E-state index contributed by atoms with van der Waals surface area (Å²) in [4.78, 5) is 12.9. The number of carboxylic acids is 1. The second kappa shape index (κ2) is 5.06. The SMILES string of the molecule is Cc1cccc(Sc2cccc(C(=O)O)c2)c1. The Bertz CT molecular complexity index is 549. The average Bonchev–Trinajstić information content (AvgIpc) is 2.29. The summed E-state index contributed by atoms with van der Waals surface area (Å²) in [6.45, 7) is 2.04. The van der Waals surface area contributed by atoms with E-state index in [-0.39, 0.29) is 0 Å². The molecule has 2 nitrogen and oxygen atoms in total. The van der Waals surface area contributed by atoms with E-state index in [2.05, 4.69) is 6.07 Å². The van der Waals surface area contributed by atoms with Crippen molar-refractivity contribution in [3.05, 3.63) is 59.7 Å². The van der Waals surface area contributed by atoms with Gasteiger partial charge in [0.15, 0.2) is 0 Å². The fourth-order valence-corrected chi connectivity index (χ4v) is 2.50. The van der Waals surface area contributed by atoms with Crippen molar-refractivity contribution in [1.82, 2.24) is 0 Å². The maximum absolute atomic E-state index is 10.9. The molecule has 2 aromatic rings. The van der Waals surface area contributed by atoms with E-state index in [1.807, 2.05) is 31.2 Å². The second-order valence-corrected chi connectivity index (χ2v) is 4.90. The Labute approximate surface area is 104 Å². The highest BCUT2D eigenvalue weighted by Gasteiger charge is 2.04. The molecule has 1 N–H and O–H groups in total. The number of carbonyl (C=O) groups is 1. The van der Waals surface area contributed by atoms with Crippen LogP contribution in [0.15, 0.2) is 58.3 Å². The first-order valence-electron chi connectivity index (χ1n) is 5.23. The molecule has 17 heavy (non-hydrogen) atoms. The monoisotopic (exact) mass is 244 g/mol. The van der Waals surface area contributed by atoms with Gasteiger partial charge in [-0.05, 0) is 37.3 Å². The molecule has 0 aliphatic heterocycles. The number of hydrogen-bond acceptors (Lipinski definition) is 2. The van der Waals surface area contributed by atoms with E-state index in [0.29, 0.717) is 5.56 Å². The first-order chi connectivity index (χ1) is 8.15. The van der Waals surface area contributed by atoms with Crippen LogP contribution in [0.2, 0.25) is 0 Å². The Morgan fingerprint density at radius 3 is 2.35 bits per heavy atom. The van der Waals surface area contributed by atoms with Gasteiger partial charge >= 0.3 is 5.97 Å². The van der Waals surface area contributed by atoms with Gasteiger partial charge in [0, 0.05) is 9.79 Å². The van der Waals surface area contributed by atoms with Gasteiger partial charge in [-0.2, -0.15) is 0 Å². The first kappa shape index (κ1) is 11.7. The van der Waals surface area contributed by atoms with Crippen molar-refractivity contribution in [1.29, 1.82) is 0 Å². The van der Waals surface area contributed by atoms with Crippen LogP contribution in [0.5, 0.6) is 0 Å². The molecule has 86 valence electrons. The highest BCUT2D eigenvalue weighted by molar-refractivity contribution is 7.99. The highest BCUT2D eigenvalue weighted by atomic mass is 32.2. The molecule has 0 saturated carbocycles. The third-order valence-electron chi connectivity index (χ3n) is 2.31. The number of benzene rings is 2. The minimum Gasteiger partial charge on any atom is -0.478 e. The maximum Gasteiger partial charge on any atom is 0.335 e. The molecular formula is C14H12O2S. The number of aryl methyl sites for hydroxylation is 1. The van der Waals surface area contributed by atoms with Crippen LogP contribution >= 0.6 is 11.8 Å². The van der Waals surface area contributed by atoms with Crippen LogP contribution in [0.1, 0.15) is 15.9 Å². The molecule has 0 radical (unpaired) electrons. The first-order valence-corrected chi connectivity index (χ1v) is 6.05. The van der Waals surface area contributed by atoms with Crippen molar-refractivity contribution in [3.63, 3.8) is 0 Å². The summed E-state index contributed by atoms with van der Waals surface area (Å²) in [5.74, 6) is -0.892. The van der Waals surface area contributed by atoms with Crippen LogP contribution < -0.4 is 0 Å². The maximum atomic E-state index is 10.9. The Morgan fingerprint density at radius 2 is 1.71 bits per heavy atom. The number of carboxylic acid groups (broad SMARTS) is 1. The highest BCUT2D eigenvalue weighted by Crippen LogP contribution is 2.28. The van der Waals surface area contributed by atoms with Gasteiger partial charge in [-0.1, -0.05) is 35.5 Å². The fourth-order valence-electron chi connectivity index (χ4n) is 1.51. The fraction of sp³-hybridized carbons (Fsp3) is 0.0714. The van der Waals surface area contributed by atoms with Gasteiger partial charge in [-0.25, -0.2) is 4.79 Å². The van der Waals surface area contributed by atoms with Crippen LogP contribution in [0.25, 0.3) is 0 Å². The summed E-state index contributed by atoms with van der Waals surface area (Å²) >= 11 is 1.57. The average molecular weight is 244 g/mol. The minimum absolute atomic E-state index is 0.322. The lowest BCUT2D eigenvalue weighted by Gasteiger charge is -2.03. The van der Waals surface area contributed by atoms with Crippen LogP contribution in [-0.2, 0) is 0 Å². The Balaban J connectivity index is 2.24. The van der Waals surface area contributed by atoms with E-state index in [0.717, 1.165) is 9.79 Å². The number of aromatic carboxylic acids is 1. The molecule has 0 aliphatic carbocycles. The molecule has 0 atom stereocenters. The Kier molecular flexibility index (Phi) is 3.49. The molecule has 0 heterocycles. The van der Waals surface area contributed by atoms with E-state index in [1.54, 1.807) is 30.0 Å². The van der Waals surface area contributed by atoms with Gasteiger partial charge in [0.1, 0.15) is 0 Å². The van der Waals surface area contributed by atoms with Gasteiger partial charge in [0.05, 0.1) is 5.56 Å². The van der Waals surface area contributed by atoms with Gasteiger partial charge in [-0.3, -0.25) is 0 Å². The predicted octanol–water partition coefficient (Wildman–Crippen LogP) is 3.84. The lowest BCUT2D eigenvalue weighted by Crippen LogP contribution is -1.95. The topological polar surface area (TPSA) is 37.3 Å². The van der Waals surface area contributed by atoms with Gasteiger partial charge in [-0.15, -0.1) is 0 Å². The molecule has 3 heteroatoms. The molecule has 0 unspecified atom stereocenters. The third kappa shape index (κ3) is 3.11. The zero-order chi connectivity index (χ0) is 12.3. The lowest BCUT2D eigenvalue weighted by molar-refractivity contribution is 0.0696. The molecule has 0 amide bonds. The van der Waals surface area contributed by atoms with Crippen LogP contribution in [0.4, 0.5) is 0 Å². The molecule has 0 spiro atoms. The molecule has 0 aromatic heterocycles. The smallest absolute Gasteiger partial charge is 0.335 e. The van der Waals surface area contributed by atoms with Crippen molar-refractivity contribution in [3.8, 4) is 0 Å². The van der Waals surface area contributed by atoms with Crippen molar-refractivity contribution >= 4 is 17.7 Å². The largest absolute Gasteiger partial charge is 0.478 e. The third-order valence-corrected chi connectivity index (χ3v) is 3.29. The lowest BCUT2D eigenvalue weighted by atomic mass is 10.2. The molecule has 2 aromatic carbocycles. The summed E-state index contributed by atoms with van der Waals surface area (Å²) < 4.78 is 0. The van der Waals surface area contributed by atoms with Crippen molar-refractivity contribution in [2.24, 2.45) is 0 Å². The molecular weight excluding hydrogens is 232 g/mol. The van der Waals surface area contributed by atoms with Crippen molar-refractivity contribution in [2.45, 2.75) is 16.7 Å². The molecule has 0 fully saturated rings. The Morgan fingerprint density at radius 1 is 1.06 bits per heavy atom. The zero-order valence-electron chi connectivity index (χ0n) is 9.38. The van der Waals surface area contributed by atoms with Crippen molar-refractivity contribution < 1.29 is 9.90 Å². The van der Waals surface area contributed by atoms with Crippen LogP contribution in [0, 0.1) is 6.92 Å². The van der Waals surface area contributed by atoms with Gasteiger partial charge in [0.25, 0.3) is 0 Å². The van der Waals surface area contributed by atoms with E-state index in [4.69, 9.17) is 5.11 Å². The molecule has 0 saturated heterocycles. The van der Waals surface area contributed by atoms with Gasteiger partial charge in [0.2, 0.25) is 0 Å². The summed E-state index contributed by atoms with van der Waals surface area (Å²) in [5, 5.41) is 8.91. The van der Waals surface area contributed by atoms with Crippen LogP contribution in [0.3, 0.4) is 0 Å². The normalized spacial score (nSPS) is 10.2. The minimum atomic E-state index is -0.892. The summed E-state index contributed by atoms with van der Waals surface area (Å²) in [6.07, 6.45) is 0. The predicted molar refractivity (Wildman–Crippen MR) is 68.7 cm³/mol. The zero-order valence-corrected chi connectivity index (χ0v) is 10.2. The van der Waals surface area contributed by atoms with Gasteiger partial charge < -0.3 is 5.11 Å². The Hall–Kier alpha value is -1.74. The van der Waals surface area contributed by atoms with E-state index < -0.39 is 5.97 Å². The standard InChI is InChI=1S/C14H12O2S/c1-10-4-2-6-12(8-10)17-13-7-3-5-11(9-13)14(15)16/h2-9H,1H3,(H,15,16). The summed E-state index contributed by atoms with van der Waals surface area (Å²) in [5.41, 5.74) is 1.52. The molecule has 0 bridgehead atoms. The molecule has 0 aliphatic rings. The number of hydrogen-bond donors (Lipinski definition) is 1.